The first kappa shape index (κ1) is 17.4. The number of hydrogen-bond donors (Lipinski definition) is 2. The molecule has 0 fully saturated rings. The quantitative estimate of drug-likeness (QED) is 0.621. The Balaban J connectivity index is 2.13. The molecule has 7 heteroatoms. The standard InChI is InChI=1S/C17H21N5O2/c1-4-12-7-5-6-8-13(12)19-17-21-14(20-16(18)22-17)10-24-15(23)9-11(2)3/h5-9H,4,10H2,1-3H3,(H3,18,19,20,21,22). The molecule has 0 amide bonds. The van der Waals surface area contributed by atoms with Crippen LogP contribution in [0.4, 0.5) is 17.6 Å². The summed E-state index contributed by atoms with van der Waals surface area (Å²) in [4.78, 5) is 23.9. The Labute approximate surface area is 141 Å². The average molecular weight is 327 g/mol. The number of nitrogens with two attached hydrogens (primary N) is 1. The molecule has 0 aliphatic heterocycles. The fourth-order valence-electron chi connectivity index (χ4n) is 2.04. The molecule has 0 unspecified atom stereocenters. The molecule has 3 N–H and O–H groups in total. The van der Waals surface area contributed by atoms with E-state index in [4.69, 9.17) is 10.5 Å². The second-order valence-electron chi connectivity index (χ2n) is 5.40. The first-order valence-corrected chi connectivity index (χ1v) is 7.65. The maximum Gasteiger partial charge on any atom is 0.331 e. The van der Waals surface area contributed by atoms with Crippen molar-refractivity contribution in [2.24, 2.45) is 0 Å². The molecule has 0 saturated heterocycles. The molecular formula is C17H21N5O2. The monoisotopic (exact) mass is 327 g/mol. The zero-order valence-electron chi connectivity index (χ0n) is 14.0. The third-order valence-electron chi connectivity index (χ3n) is 3.09. The van der Waals surface area contributed by atoms with Gasteiger partial charge in [-0.15, -0.1) is 0 Å². The Morgan fingerprint density at radius 1 is 1.25 bits per heavy atom. The smallest absolute Gasteiger partial charge is 0.331 e. The van der Waals surface area contributed by atoms with Gasteiger partial charge < -0.3 is 15.8 Å². The van der Waals surface area contributed by atoms with Crippen molar-refractivity contribution in [2.75, 3.05) is 11.1 Å². The molecule has 0 aliphatic carbocycles. The minimum absolute atomic E-state index is 0.0646. The summed E-state index contributed by atoms with van der Waals surface area (Å²) in [5.74, 6) is 0.223. The number of carbonyl (C=O) groups is 1. The highest BCUT2D eigenvalue weighted by molar-refractivity contribution is 5.82. The molecule has 1 heterocycles. The maximum absolute atomic E-state index is 11.6. The fourth-order valence-corrected chi connectivity index (χ4v) is 2.04. The summed E-state index contributed by atoms with van der Waals surface area (Å²) in [6.07, 6.45) is 2.28. The van der Waals surface area contributed by atoms with Crippen molar-refractivity contribution in [3.05, 3.63) is 47.3 Å². The van der Waals surface area contributed by atoms with Crippen LogP contribution in [0.15, 0.2) is 35.9 Å². The predicted molar refractivity (Wildman–Crippen MR) is 92.6 cm³/mol. The van der Waals surface area contributed by atoms with Crippen molar-refractivity contribution in [1.82, 2.24) is 15.0 Å². The molecule has 0 aliphatic rings. The Morgan fingerprint density at radius 3 is 2.71 bits per heavy atom. The van der Waals surface area contributed by atoms with Crippen molar-refractivity contribution >= 4 is 23.6 Å². The number of carbonyl (C=O) groups excluding carboxylic acids is 1. The van der Waals surface area contributed by atoms with Crippen LogP contribution < -0.4 is 11.1 Å². The number of allylic oxidation sites excluding steroid dienone is 1. The fraction of sp³-hybridized carbons (Fsp3) is 0.294. The van der Waals surface area contributed by atoms with Gasteiger partial charge in [-0.25, -0.2) is 4.79 Å². The van der Waals surface area contributed by atoms with Gasteiger partial charge in [-0.3, -0.25) is 0 Å². The first-order valence-electron chi connectivity index (χ1n) is 7.65. The minimum Gasteiger partial charge on any atom is -0.454 e. The number of aryl methyl sites for hydroxylation is 1. The lowest BCUT2D eigenvalue weighted by molar-refractivity contribution is -0.139. The molecule has 0 saturated carbocycles. The number of ether oxygens (including phenoxy) is 1. The van der Waals surface area contributed by atoms with Gasteiger partial charge in [0, 0.05) is 11.8 Å². The van der Waals surface area contributed by atoms with Crippen LogP contribution >= 0.6 is 0 Å². The highest BCUT2D eigenvalue weighted by Gasteiger charge is 2.08. The van der Waals surface area contributed by atoms with Gasteiger partial charge in [0.2, 0.25) is 11.9 Å². The van der Waals surface area contributed by atoms with Gasteiger partial charge in [-0.05, 0) is 31.9 Å². The van der Waals surface area contributed by atoms with Gasteiger partial charge in [-0.1, -0.05) is 30.7 Å². The number of nitrogen functional groups attached to an aromatic ring is 1. The van der Waals surface area contributed by atoms with E-state index in [9.17, 15) is 4.79 Å². The van der Waals surface area contributed by atoms with Gasteiger partial charge in [0.25, 0.3) is 0 Å². The SMILES string of the molecule is CCc1ccccc1Nc1nc(N)nc(COC(=O)C=C(C)C)n1. The second-order valence-corrected chi connectivity index (χ2v) is 5.40. The van der Waals surface area contributed by atoms with Crippen molar-refractivity contribution < 1.29 is 9.53 Å². The lowest BCUT2D eigenvalue weighted by atomic mass is 10.1. The lowest BCUT2D eigenvalue weighted by Crippen LogP contribution is -2.10. The number of anilines is 3. The predicted octanol–water partition coefficient (Wildman–Crippen LogP) is 2.77. The van der Waals surface area contributed by atoms with Gasteiger partial charge >= 0.3 is 5.97 Å². The number of nitrogens with zero attached hydrogens (tertiary/aromatic N) is 3. The largest absolute Gasteiger partial charge is 0.454 e. The van der Waals surface area contributed by atoms with Crippen molar-refractivity contribution in [3.63, 3.8) is 0 Å². The number of aromatic nitrogens is 3. The Kier molecular flexibility index (Phi) is 5.83. The van der Waals surface area contributed by atoms with Gasteiger partial charge in [0.05, 0.1) is 0 Å². The first-order chi connectivity index (χ1) is 11.5. The van der Waals surface area contributed by atoms with E-state index < -0.39 is 5.97 Å². The number of esters is 1. The summed E-state index contributed by atoms with van der Waals surface area (Å²) in [5, 5.41) is 3.13. The molecule has 126 valence electrons. The molecule has 0 bridgehead atoms. The van der Waals surface area contributed by atoms with E-state index in [0.29, 0.717) is 5.95 Å². The topological polar surface area (TPSA) is 103 Å². The van der Waals surface area contributed by atoms with E-state index in [0.717, 1.165) is 23.2 Å². The van der Waals surface area contributed by atoms with E-state index >= 15 is 0 Å². The zero-order valence-corrected chi connectivity index (χ0v) is 14.0. The van der Waals surface area contributed by atoms with Crippen LogP contribution in [0, 0.1) is 0 Å². The van der Waals surface area contributed by atoms with E-state index in [-0.39, 0.29) is 18.4 Å². The van der Waals surface area contributed by atoms with Crippen LogP contribution in [0.25, 0.3) is 0 Å². The number of rotatable bonds is 6. The molecule has 0 radical (unpaired) electrons. The molecule has 24 heavy (non-hydrogen) atoms. The number of hydrogen-bond acceptors (Lipinski definition) is 7. The average Bonchev–Trinajstić information content (AvgIpc) is 2.52. The van der Waals surface area contributed by atoms with E-state index in [1.807, 2.05) is 38.1 Å². The van der Waals surface area contributed by atoms with E-state index in [1.54, 1.807) is 0 Å². The Hall–Kier alpha value is -2.96. The van der Waals surface area contributed by atoms with E-state index in [1.165, 1.54) is 6.08 Å². The van der Waals surface area contributed by atoms with Gasteiger partial charge in [0.15, 0.2) is 12.4 Å². The van der Waals surface area contributed by atoms with Crippen LogP contribution in [-0.2, 0) is 22.6 Å². The van der Waals surface area contributed by atoms with Crippen LogP contribution in [0.1, 0.15) is 32.2 Å². The van der Waals surface area contributed by atoms with Crippen molar-refractivity contribution in [2.45, 2.75) is 33.8 Å². The van der Waals surface area contributed by atoms with Crippen molar-refractivity contribution in [3.8, 4) is 0 Å². The molecule has 1 aromatic carbocycles. The lowest BCUT2D eigenvalue weighted by Gasteiger charge is -2.10. The summed E-state index contributed by atoms with van der Waals surface area (Å²) in [5.41, 5.74) is 8.60. The highest BCUT2D eigenvalue weighted by atomic mass is 16.5. The molecule has 2 aromatic rings. The molecule has 0 atom stereocenters. The van der Waals surface area contributed by atoms with Crippen LogP contribution in [0.3, 0.4) is 0 Å². The molecule has 1 aromatic heterocycles. The Morgan fingerprint density at radius 2 is 2.00 bits per heavy atom. The van der Waals surface area contributed by atoms with Crippen molar-refractivity contribution in [1.29, 1.82) is 0 Å². The Bertz CT molecular complexity index is 754. The van der Waals surface area contributed by atoms with Gasteiger partial charge in [-0.2, -0.15) is 15.0 Å². The zero-order chi connectivity index (χ0) is 17.5. The third kappa shape index (κ3) is 5.05. The maximum atomic E-state index is 11.6. The summed E-state index contributed by atoms with van der Waals surface area (Å²) < 4.78 is 5.09. The molecule has 2 rings (SSSR count). The molecule has 7 nitrogen and oxygen atoms in total. The number of nitrogens with one attached hydrogen (secondary N) is 1. The third-order valence-corrected chi connectivity index (χ3v) is 3.09. The van der Waals surface area contributed by atoms with Crippen LogP contribution in [-0.4, -0.2) is 20.9 Å². The van der Waals surface area contributed by atoms with Gasteiger partial charge in [0.1, 0.15) is 0 Å². The summed E-state index contributed by atoms with van der Waals surface area (Å²) in [6.45, 7) is 5.63. The normalized spacial score (nSPS) is 10.1. The second kappa shape index (κ2) is 8.05. The summed E-state index contributed by atoms with van der Waals surface area (Å²) in [7, 11) is 0. The summed E-state index contributed by atoms with van der Waals surface area (Å²) >= 11 is 0. The minimum atomic E-state index is -0.445. The molecular weight excluding hydrogens is 306 g/mol. The number of para-hydroxylation sites is 1. The van der Waals surface area contributed by atoms with Crippen LogP contribution in [0.5, 0.6) is 0 Å². The summed E-state index contributed by atoms with van der Waals surface area (Å²) in [6, 6.07) is 7.86. The molecule has 0 spiro atoms. The van der Waals surface area contributed by atoms with Crippen LogP contribution in [0.2, 0.25) is 0 Å². The van der Waals surface area contributed by atoms with E-state index in [2.05, 4.69) is 27.2 Å². The number of benzene rings is 1. The highest BCUT2D eigenvalue weighted by Crippen LogP contribution is 2.19.